The van der Waals surface area contributed by atoms with Crippen molar-refractivity contribution in [1.82, 2.24) is 19.9 Å². The van der Waals surface area contributed by atoms with Crippen molar-refractivity contribution in [3.8, 4) is 6.01 Å². The van der Waals surface area contributed by atoms with Gasteiger partial charge in [-0.05, 0) is 0 Å². The number of nitrogens with zero attached hydrogens (tertiary/aromatic N) is 4. The van der Waals surface area contributed by atoms with Gasteiger partial charge in [-0.25, -0.2) is 10.8 Å². The zero-order valence-electron chi connectivity index (χ0n) is 10.7. The quantitative estimate of drug-likeness (QED) is 0.500. The van der Waals surface area contributed by atoms with Gasteiger partial charge in [0.1, 0.15) is 5.76 Å². The molecular formula is C10H15N7O2. The summed E-state index contributed by atoms with van der Waals surface area (Å²) in [6.07, 6.45) is 2.49. The molecular weight excluding hydrogens is 250 g/mol. The lowest BCUT2D eigenvalue weighted by Gasteiger charge is -2.06. The zero-order chi connectivity index (χ0) is 13.7. The summed E-state index contributed by atoms with van der Waals surface area (Å²) in [4.78, 5) is 16.0. The summed E-state index contributed by atoms with van der Waals surface area (Å²) < 4.78 is 10.4. The maximum atomic E-state index is 5.45. The van der Waals surface area contributed by atoms with Crippen LogP contribution in [0.15, 0.2) is 10.6 Å². The van der Waals surface area contributed by atoms with E-state index >= 15 is 0 Å². The number of hydrazine groups is 1. The molecule has 0 fully saturated rings. The van der Waals surface area contributed by atoms with Gasteiger partial charge in [-0.15, -0.1) is 0 Å². The van der Waals surface area contributed by atoms with Gasteiger partial charge in [0.2, 0.25) is 17.8 Å². The summed E-state index contributed by atoms with van der Waals surface area (Å²) in [5.74, 6) is 7.16. The number of ether oxygens (including phenoxy) is 1. The SMILES string of the molecule is CCc1cnc(CNc2nc(NN)nc(OC)n2)o1. The molecule has 4 N–H and O–H groups in total. The number of hydrogen-bond acceptors (Lipinski definition) is 9. The van der Waals surface area contributed by atoms with Crippen LogP contribution in [0.5, 0.6) is 6.01 Å². The fourth-order valence-electron chi connectivity index (χ4n) is 1.34. The summed E-state index contributed by atoms with van der Waals surface area (Å²) in [5, 5.41) is 2.95. The molecule has 0 spiro atoms. The van der Waals surface area contributed by atoms with E-state index in [0.29, 0.717) is 18.4 Å². The molecule has 9 heteroatoms. The molecule has 0 atom stereocenters. The molecule has 0 amide bonds. The molecule has 0 aliphatic heterocycles. The van der Waals surface area contributed by atoms with Crippen LogP contribution in [0.25, 0.3) is 0 Å². The molecule has 2 rings (SSSR count). The van der Waals surface area contributed by atoms with Gasteiger partial charge < -0.3 is 14.5 Å². The van der Waals surface area contributed by atoms with Crippen LogP contribution < -0.4 is 21.3 Å². The van der Waals surface area contributed by atoms with E-state index in [-0.39, 0.29) is 12.0 Å². The molecule has 0 saturated heterocycles. The van der Waals surface area contributed by atoms with Crippen LogP contribution in [-0.2, 0) is 13.0 Å². The Morgan fingerprint density at radius 1 is 1.32 bits per heavy atom. The minimum atomic E-state index is 0.159. The van der Waals surface area contributed by atoms with Gasteiger partial charge >= 0.3 is 6.01 Å². The summed E-state index contributed by atoms with van der Waals surface area (Å²) in [6.45, 7) is 2.35. The van der Waals surface area contributed by atoms with E-state index in [2.05, 4.69) is 30.7 Å². The lowest BCUT2D eigenvalue weighted by atomic mass is 10.4. The number of nitrogens with one attached hydrogen (secondary N) is 2. The number of aryl methyl sites for hydroxylation is 1. The molecule has 9 nitrogen and oxygen atoms in total. The second-order valence-corrected chi connectivity index (χ2v) is 3.54. The van der Waals surface area contributed by atoms with E-state index in [1.54, 1.807) is 6.20 Å². The average Bonchev–Trinajstić information content (AvgIpc) is 2.92. The number of nitrogen functional groups attached to an aromatic ring is 1. The molecule has 102 valence electrons. The molecule has 2 aromatic heterocycles. The van der Waals surface area contributed by atoms with Crippen molar-refractivity contribution in [1.29, 1.82) is 0 Å². The molecule has 19 heavy (non-hydrogen) atoms. The first-order valence-electron chi connectivity index (χ1n) is 5.69. The monoisotopic (exact) mass is 265 g/mol. The largest absolute Gasteiger partial charge is 0.467 e. The topological polar surface area (TPSA) is 124 Å². The third kappa shape index (κ3) is 3.28. The van der Waals surface area contributed by atoms with Crippen molar-refractivity contribution in [2.45, 2.75) is 19.9 Å². The number of anilines is 2. The van der Waals surface area contributed by atoms with Crippen LogP contribution in [0, 0.1) is 0 Å². The molecule has 0 aromatic carbocycles. The lowest BCUT2D eigenvalue weighted by Crippen LogP contribution is -2.14. The van der Waals surface area contributed by atoms with E-state index in [1.165, 1.54) is 7.11 Å². The van der Waals surface area contributed by atoms with Gasteiger partial charge in [-0.3, -0.25) is 5.43 Å². The maximum absolute atomic E-state index is 5.45. The van der Waals surface area contributed by atoms with Crippen molar-refractivity contribution >= 4 is 11.9 Å². The molecule has 0 unspecified atom stereocenters. The highest BCUT2D eigenvalue weighted by Gasteiger charge is 2.07. The van der Waals surface area contributed by atoms with Gasteiger partial charge in [0.25, 0.3) is 0 Å². The Morgan fingerprint density at radius 2 is 2.11 bits per heavy atom. The summed E-state index contributed by atoms with van der Waals surface area (Å²) in [5.41, 5.74) is 2.33. The first kappa shape index (κ1) is 13.0. The average molecular weight is 265 g/mol. The Hall–Kier alpha value is -2.42. The van der Waals surface area contributed by atoms with Crippen molar-refractivity contribution in [3.05, 3.63) is 17.8 Å². The van der Waals surface area contributed by atoms with Crippen molar-refractivity contribution in [3.63, 3.8) is 0 Å². The fourth-order valence-corrected chi connectivity index (χ4v) is 1.34. The van der Waals surface area contributed by atoms with E-state index in [4.69, 9.17) is 15.0 Å². The van der Waals surface area contributed by atoms with Gasteiger partial charge in [-0.1, -0.05) is 6.92 Å². The van der Waals surface area contributed by atoms with Crippen molar-refractivity contribution in [2.24, 2.45) is 5.84 Å². The van der Waals surface area contributed by atoms with Crippen LogP contribution in [0.1, 0.15) is 18.6 Å². The Balaban J connectivity index is 2.05. The third-order valence-electron chi connectivity index (χ3n) is 2.27. The molecule has 0 aliphatic carbocycles. The first-order valence-corrected chi connectivity index (χ1v) is 5.69. The second kappa shape index (κ2) is 5.96. The van der Waals surface area contributed by atoms with Crippen molar-refractivity contribution < 1.29 is 9.15 Å². The Kier molecular flexibility index (Phi) is 4.08. The molecule has 0 bridgehead atoms. The maximum Gasteiger partial charge on any atom is 0.322 e. The Labute approximate surface area is 109 Å². The van der Waals surface area contributed by atoms with E-state index < -0.39 is 0 Å². The zero-order valence-corrected chi connectivity index (χ0v) is 10.7. The minimum absolute atomic E-state index is 0.159. The molecule has 2 aromatic rings. The highest BCUT2D eigenvalue weighted by Crippen LogP contribution is 2.11. The summed E-state index contributed by atoms with van der Waals surface area (Å²) in [7, 11) is 1.46. The number of methoxy groups -OCH3 is 1. The second-order valence-electron chi connectivity index (χ2n) is 3.54. The van der Waals surface area contributed by atoms with Crippen LogP contribution in [0.4, 0.5) is 11.9 Å². The number of hydrogen-bond donors (Lipinski definition) is 3. The highest BCUT2D eigenvalue weighted by atomic mass is 16.5. The highest BCUT2D eigenvalue weighted by molar-refractivity contribution is 5.34. The molecule has 0 radical (unpaired) electrons. The molecule has 0 aliphatic rings. The first-order chi connectivity index (χ1) is 9.25. The van der Waals surface area contributed by atoms with Gasteiger partial charge in [0.15, 0.2) is 0 Å². The standard InChI is InChI=1S/C10H15N7O2/c1-3-6-4-12-7(19-6)5-13-8-14-9(17-11)16-10(15-8)18-2/h4H,3,5,11H2,1-2H3,(H2,13,14,15,16,17). The molecule has 2 heterocycles. The van der Waals surface area contributed by atoms with E-state index in [9.17, 15) is 0 Å². The van der Waals surface area contributed by atoms with Gasteiger partial charge in [0.05, 0.1) is 19.9 Å². The summed E-state index contributed by atoms with van der Waals surface area (Å²) in [6, 6.07) is 0.159. The van der Waals surface area contributed by atoms with E-state index in [1.807, 2.05) is 6.92 Å². The van der Waals surface area contributed by atoms with Crippen LogP contribution in [-0.4, -0.2) is 27.0 Å². The number of aromatic nitrogens is 4. The van der Waals surface area contributed by atoms with Crippen LogP contribution >= 0.6 is 0 Å². The number of nitrogens with two attached hydrogens (primary N) is 1. The number of rotatable bonds is 6. The predicted molar refractivity (Wildman–Crippen MR) is 67.4 cm³/mol. The Morgan fingerprint density at radius 3 is 2.74 bits per heavy atom. The van der Waals surface area contributed by atoms with Crippen LogP contribution in [0.2, 0.25) is 0 Å². The lowest BCUT2D eigenvalue weighted by molar-refractivity contribution is 0.379. The minimum Gasteiger partial charge on any atom is -0.467 e. The normalized spacial score (nSPS) is 10.3. The van der Waals surface area contributed by atoms with Crippen molar-refractivity contribution in [2.75, 3.05) is 17.9 Å². The fraction of sp³-hybridized carbons (Fsp3) is 0.400. The predicted octanol–water partition coefficient (Wildman–Crippen LogP) is 0.328. The van der Waals surface area contributed by atoms with Crippen LogP contribution in [0.3, 0.4) is 0 Å². The van der Waals surface area contributed by atoms with Gasteiger partial charge in [-0.2, -0.15) is 15.0 Å². The van der Waals surface area contributed by atoms with E-state index in [0.717, 1.165) is 12.2 Å². The van der Waals surface area contributed by atoms with Gasteiger partial charge in [0, 0.05) is 6.42 Å². The summed E-state index contributed by atoms with van der Waals surface area (Å²) >= 11 is 0. The Bertz CT molecular complexity index is 520. The smallest absolute Gasteiger partial charge is 0.322 e. The molecule has 0 saturated carbocycles. The third-order valence-corrected chi connectivity index (χ3v) is 2.27. The number of oxazole rings is 1.